The number of hydrogen-bond donors (Lipinski definition) is 0. The van der Waals surface area contributed by atoms with E-state index in [-0.39, 0.29) is 12.2 Å². The van der Waals surface area contributed by atoms with Crippen LogP contribution in [0, 0.1) is 0 Å². The fourth-order valence-corrected chi connectivity index (χ4v) is 2.09. The quantitative estimate of drug-likeness (QED) is 0.757. The average Bonchev–Trinajstić information content (AvgIpc) is 3.37. The molecule has 2 atom stereocenters. The van der Waals surface area contributed by atoms with Crippen molar-refractivity contribution >= 4 is 10.8 Å². The van der Waals surface area contributed by atoms with Crippen molar-refractivity contribution < 1.29 is 18.9 Å². The van der Waals surface area contributed by atoms with E-state index in [1.165, 1.54) is 0 Å². The Morgan fingerprint density at radius 3 is 1.65 bits per heavy atom. The van der Waals surface area contributed by atoms with Crippen LogP contribution >= 0.6 is 0 Å². The van der Waals surface area contributed by atoms with Gasteiger partial charge in [-0.3, -0.25) is 0 Å². The highest BCUT2D eigenvalue weighted by atomic mass is 16.6. The van der Waals surface area contributed by atoms with Crippen LogP contribution in [0.3, 0.4) is 0 Å². The average molecular weight is 272 g/mol. The van der Waals surface area contributed by atoms with Crippen LogP contribution in [0.5, 0.6) is 11.5 Å². The van der Waals surface area contributed by atoms with Gasteiger partial charge in [0.2, 0.25) is 0 Å². The summed E-state index contributed by atoms with van der Waals surface area (Å²) in [6, 6.07) is 12.2. The number of benzene rings is 2. The van der Waals surface area contributed by atoms with Crippen LogP contribution in [0.15, 0.2) is 36.4 Å². The van der Waals surface area contributed by atoms with Gasteiger partial charge in [0.15, 0.2) is 0 Å². The molecule has 4 nitrogen and oxygen atoms in total. The lowest BCUT2D eigenvalue weighted by atomic mass is 10.1. The van der Waals surface area contributed by atoms with Gasteiger partial charge in [-0.15, -0.1) is 0 Å². The van der Waals surface area contributed by atoms with Crippen LogP contribution in [0.25, 0.3) is 10.8 Å². The number of rotatable bonds is 6. The number of ether oxygens (including phenoxy) is 4. The highest BCUT2D eigenvalue weighted by Crippen LogP contribution is 2.26. The predicted molar refractivity (Wildman–Crippen MR) is 74.4 cm³/mol. The van der Waals surface area contributed by atoms with Gasteiger partial charge in [-0.2, -0.15) is 0 Å². The molecule has 2 aliphatic rings. The molecule has 0 aromatic heterocycles. The van der Waals surface area contributed by atoms with Gasteiger partial charge < -0.3 is 18.9 Å². The molecule has 2 heterocycles. The molecule has 2 saturated heterocycles. The van der Waals surface area contributed by atoms with Crippen molar-refractivity contribution in [1.29, 1.82) is 0 Å². The van der Waals surface area contributed by atoms with Gasteiger partial charge in [-0.05, 0) is 35.0 Å². The summed E-state index contributed by atoms with van der Waals surface area (Å²) in [7, 11) is 0. The molecule has 2 unspecified atom stereocenters. The third-order valence-electron chi connectivity index (χ3n) is 3.46. The van der Waals surface area contributed by atoms with Crippen molar-refractivity contribution in [2.75, 3.05) is 26.4 Å². The summed E-state index contributed by atoms with van der Waals surface area (Å²) < 4.78 is 21.6. The predicted octanol–water partition coefficient (Wildman–Crippen LogP) is 2.40. The van der Waals surface area contributed by atoms with Crippen LogP contribution in [-0.2, 0) is 9.47 Å². The van der Waals surface area contributed by atoms with Crippen LogP contribution < -0.4 is 9.47 Å². The summed E-state index contributed by atoms with van der Waals surface area (Å²) in [6.45, 7) is 2.90. The lowest BCUT2D eigenvalue weighted by Crippen LogP contribution is -2.04. The van der Waals surface area contributed by atoms with Gasteiger partial charge in [0.1, 0.15) is 36.9 Å². The molecular weight excluding hydrogens is 256 g/mol. The van der Waals surface area contributed by atoms with E-state index in [9.17, 15) is 0 Å². The van der Waals surface area contributed by atoms with E-state index >= 15 is 0 Å². The molecule has 2 aromatic carbocycles. The minimum atomic E-state index is 0.283. The summed E-state index contributed by atoms with van der Waals surface area (Å²) in [5.41, 5.74) is 0. The van der Waals surface area contributed by atoms with Gasteiger partial charge in [-0.25, -0.2) is 0 Å². The van der Waals surface area contributed by atoms with E-state index in [2.05, 4.69) is 12.1 Å². The van der Waals surface area contributed by atoms with Gasteiger partial charge in [0.25, 0.3) is 0 Å². The fraction of sp³-hybridized carbons (Fsp3) is 0.375. The zero-order valence-corrected chi connectivity index (χ0v) is 11.1. The summed E-state index contributed by atoms with van der Waals surface area (Å²) in [5, 5.41) is 2.29. The summed E-state index contributed by atoms with van der Waals surface area (Å²) in [6.07, 6.45) is 0.567. The van der Waals surface area contributed by atoms with E-state index in [4.69, 9.17) is 18.9 Å². The van der Waals surface area contributed by atoms with Gasteiger partial charge >= 0.3 is 0 Å². The smallest absolute Gasteiger partial charge is 0.120 e. The number of epoxide rings is 2. The van der Waals surface area contributed by atoms with Crippen LogP contribution in [0.1, 0.15) is 0 Å². The lowest BCUT2D eigenvalue weighted by Gasteiger charge is -2.08. The summed E-state index contributed by atoms with van der Waals surface area (Å²) >= 11 is 0. The lowest BCUT2D eigenvalue weighted by molar-refractivity contribution is 0.263. The Morgan fingerprint density at radius 2 is 1.25 bits per heavy atom. The van der Waals surface area contributed by atoms with Crippen molar-refractivity contribution in [3.05, 3.63) is 36.4 Å². The SMILES string of the molecule is c1cc2cc(OCC3CO3)ccc2cc1OCC1CO1. The molecular formula is C16H16O4. The molecule has 104 valence electrons. The standard InChI is InChI=1S/C16H16O4/c1-3-13(17-7-15-9-19-15)6-12-2-4-14(5-11(1)12)18-8-16-10-20-16/h1-6,15-16H,7-10H2. The second-order valence-electron chi connectivity index (χ2n) is 5.20. The maximum atomic E-state index is 5.68. The second kappa shape index (κ2) is 4.96. The molecule has 0 N–H and O–H groups in total. The third-order valence-corrected chi connectivity index (χ3v) is 3.46. The topological polar surface area (TPSA) is 43.5 Å². The van der Waals surface area contributed by atoms with Crippen molar-refractivity contribution in [2.24, 2.45) is 0 Å². The van der Waals surface area contributed by atoms with Crippen molar-refractivity contribution in [3.8, 4) is 11.5 Å². The van der Waals surface area contributed by atoms with E-state index in [0.717, 1.165) is 35.5 Å². The maximum absolute atomic E-state index is 5.68. The molecule has 20 heavy (non-hydrogen) atoms. The highest BCUT2D eigenvalue weighted by molar-refractivity contribution is 5.85. The first-order valence-electron chi connectivity index (χ1n) is 6.89. The number of fused-ring (bicyclic) bond motifs is 1. The van der Waals surface area contributed by atoms with Gasteiger partial charge in [0.05, 0.1) is 13.2 Å². The van der Waals surface area contributed by atoms with E-state index < -0.39 is 0 Å². The highest BCUT2D eigenvalue weighted by Gasteiger charge is 2.23. The summed E-state index contributed by atoms with van der Waals surface area (Å²) in [5.74, 6) is 1.76. The van der Waals surface area contributed by atoms with Gasteiger partial charge in [-0.1, -0.05) is 12.1 Å². The summed E-state index contributed by atoms with van der Waals surface area (Å²) in [4.78, 5) is 0. The molecule has 0 aliphatic carbocycles. The first-order chi connectivity index (χ1) is 9.87. The minimum Gasteiger partial charge on any atom is -0.491 e. The molecule has 0 amide bonds. The molecule has 2 aromatic rings. The Balaban J connectivity index is 1.48. The normalized spacial score (nSPS) is 23.6. The maximum Gasteiger partial charge on any atom is 0.120 e. The first-order valence-corrected chi connectivity index (χ1v) is 6.89. The molecule has 0 saturated carbocycles. The third kappa shape index (κ3) is 2.86. The van der Waals surface area contributed by atoms with Gasteiger partial charge in [0, 0.05) is 0 Å². The van der Waals surface area contributed by atoms with Crippen molar-refractivity contribution in [1.82, 2.24) is 0 Å². The van der Waals surface area contributed by atoms with Crippen LogP contribution in [0.2, 0.25) is 0 Å². The fourth-order valence-electron chi connectivity index (χ4n) is 2.09. The Labute approximate surface area is 117 Å². The van der Waals surface area contributed by atoms with Crippen molar-refractivity contribution in [2.45, 2.75) is 12.2 Å². The number of hydrogen-bond acceptors (Lipinski definition) is 4. The van der Waals surface area contributed by atoms with Crippen LogP contribution in [0.4, 0.5) is 0 Å². The molecule has 0 radical (unpaired) electrons. The Morgan fingerprint density at radius 1 is 0.800 bits per heavy atom. The Kier molecular flexibility index (Phi) is 2.98. The largest absolute Gasteiger partial charge is 0.491 e. The molecule has 0 bridgehead atoms. The molecule has 4 heteroatoms. The van der Waals surface area contributed by atoms with E-state index in [0.29, 0.717) is 13.2 Å². The first kappa shape index (κ1) is 12.0. The molecule has 2 aliphatic heterocycles. The van der Waals surface area contributed by atoms with E-state index in [1.54, 1.807) is 0 Å². The van der Waals surface area contributed by atoms with E-state index in [1.807, 2.05) is 24.3 Å². The zero-order valence-electron chi connectivity index (χ0n) is 11.1. The molecule has 2 fully saturated rings. The Hall–Kier alpha value is -1.78. The molecule has 4 rings (SSSR count). The monoisotopic (exact) mass is 272 g/mol. The Bertz CT molecular complexity index is 562. The minimum absolute atomic E-state index is 0.283. The van der Waals surface area contributed by atoms with Crippen LogP contribution in [-0.4, -0.2) is 38.6 Å². The van der Waals surface area contributed by atoms with Crippen molar-refractivity contribution in [3.63, 3.8) is 0 Å². The molecule has 0 spiro atoms. The second-order valence-corrected chi connectivity index (χ2v) is 5.20. The zero-order chi connectivity index (χ0) is 13.4.